The van der Waals surface area contributed by atoms with Crippen molar-refractivity contribution in [3.8, 4) is 0 Å². The standard InChI is InChI=1S/C7H2F6N/c8-6(9,10)4-1-2-5(14-3-4)7(11,12)13/h1,3H. The van der Waals surface area contributed by atoms with Crippen LogP contribution < -0.4 is 0 Å². The van der Waals surface area contributed by atoms with Crippen LogP contribution in [0.1, 0.15) is 11.3 Å². The van der Waals surface area contributed by atoms with E-state index in [1.54, 1.807) is 0 Å². The van der Waals surface area contributed by atoms with Crippen molar-refractivity contribution in [1.82, 2.24) is 4.98 Å². The summed E-state index contributed by atoms with van der Waals surface area (Å²) in [6, 6.07) is 1.65. The molecule has 0 spiro atoms. The predicted molar refractivity (Wildman–Crippen MR) is 33.1 cm³/mol. The Bertz CT molecular complexity index is 275. The molecule has 14 heavy (non-hydrogen) atoms. The second kappa shape index (κ2) is 3.14. The van der Waals surface area contributed by atoms with Gasteiger partial charge >= 0.3 is 12.4 Å². The number of hydrogen-bond donors (Lipinski definition) is 0. The molecule has 1 heterocycles. The van der Waals surface area contributed by atoms with Crippen molar-refractivity contribution in [3.63, 3.8) is 0 Å². The van der Waals surface area contributed by atoms with Crippen molar-refractivity contribution in [1.29, 1.82) is 0 Å². The second-order valence-corrected chi connectivity index (χ2v) is 2.35. The van der Waals surface area contributed by atoms with E-state index in [4.69, 9.17) is 0 Å². The minimum absolute atomic E-state index is 0.124. The monoisotopic (exact) mass is 214 g/mol. The van der Waals surface area contributed by atoms with Crippen LogP contribution >= 0.6 is 0 Å². The Morgan fingerprint density at radius 3 is 1.86 bits per heavy atom. The van der Waals surface area contributed by atoms with Gasteiger partial charge in [0.2, 0.25) is 0 Å². The lowest BCUT2D eigenvalue weighted by molar-refractivity contribution is -0.144. The number of nitrogens with zero attached hydrogens (tertiary/aromatic N) is 1. The fourth-order valence-electron chi connectivity index (χ4n) is 0.665. The third kappa shape index (κ3) is 2.36. The van der Waals surface area contributed by atoms with E-state index in [2.05, 4.69) is 4.98 Å². The van der Waals surface area contributed by atoms with Gasteiger partial charge in [-0.15, -0.1) is 0 Å². The van der Waals surface area contributed by atoms with Crippen LogP contribution in [0, 0.1) is 6.07 Å². The van der Waals surface area contributed by atoms with Gasteiger partial charge in [-0.2, -0.15) is 26.3 Å². The molecule has 0 saturated carbocycles. The first-order valence-electron chi connectivity index (χ1n) is 3.23. The van der Waals surface area contributed by atoms with Crippen LogP contribution in [-0.2, 0) is 12.4 Å². The maximum absolute atomic E-state index is 11.9. The van der Waals surface area contributed by atoms with Crippen molar-refractivity contribution in [3.05, 3.63) is 29.6 Å². The van der Waals surface area contributed by atoms with Crippen LogP contribution in [-0.4, -0.2) is 4.98 Å². The average molecular weight is 214 g/mol. The molecule has 77 valence electrons. The molecule has 0 saturated heterocycles. The molecule has 0 amide bonds. The minimum atomic E-state index is -4.77. The highest BCUT2D eigenvalue weighted by Crippen LogP contribution is 2.31. The van der Waals surface area contributed by atoms with Gasteiger partial charge in [0, 0.05) is 12.3 Å². The Morgan fingerprint density at radius 2 is 1.57 bits per heavy atom. The van der Waals surface area contributed by atoms with E-state index in [0.717, 1.165) is 0 Å². The lowest BCUT2D eigenvalue weighted by atomic mass is 10.2. The Labute approximate surface area is 74.4 Å². The summed E-state index contributed by atoms with van der Waals surface area (Å²) >= 11 is 0. The average Bonchev–Trinajstić information content (AvgIpc) is 2.01. The summed E-state index contributed by atoms with van der Waals surface area (Å²) in [6.45, 7) is 0. The van der Waals surface area contributed by atoms with Crippen LogP contribution in [0.3, 0.4) is 0 Å². The molecule has 1 aromatic heterocycles. The molecule has 0 fully saturated rings. The fourth-order valence-corrected chi connectivity index (χ4v) is 0.665. The van der Waals surface area contributed by atoms with E-state index in [9.17, 15) is 26.3 Å². The number of aromatic nitrogens is 1. The highest BCUT2D eigenvalue weighted by atomic mass is 19.4. The molecule has 0 bridgehead atoms. The second-order valence-electron chi connectivity index (χ2n) is 2.35. The Kier molecular flexibility index (Phi) is 2.43. The molecule has 1 radical (unpaired) electrons. The molecule has 1 rings (SSSR count). The molecule has 0 atom stereocenters. The molecule has 0 aliphatic heterocycles. The zero-order valence-electron chi connectivity index (χ0n) is 6.37. The van der Waals surface area contributed by atoms with Crippen LogP contribution in [0.2, 0.25) is 0 Å². The van der Waals surface area contributed by atoms with E-state index >= 15 is 0 Å². The third-order valence-corrected chi connectivity index (χ3v) is 1.29. The summed E-state index contributed by atoms with van der Waals surface area (Å²) in [5.41, 5.74) is -2.73. The van der Waals surface area contributed by atoms with Gasteiger partial charge in [-0.3, -0.25) is 4.98 Å². The molecule has 0 N–H and O–H groups in total. The SMILES string of the molecule is FC(F)(F)c1c[c]c(C(F)(F)F)nc1. The van der Waals surface area contributed by atoms with E-state index < -0.39 is 23.6 Å². The molecule has 1 nitrogen and oxygen atoms in total. The van der Waals surface area contributed by atoms with Gasteiger partial charge in [-0.25, -0.2) is 0 Å². The van der Waals surface area contributed by atoms with Crippen molar-refractivity contribution < 1.29 is 26.3 Å². The number of hydrogen-bond acceptors (Lipinski definition) is 1. The van der Waals surface area contributed by atoms with Gasteiger partial charge in [0.1, 0.15) is 0 Å². The highest BCUT2D eigenvalue weighted by molar-refractivity contribution is 5.17. The third-order valence-electron chi connectivity index (χ3n) is 1.29. The lowest BCUT2D eigenvalue weighted by Crippen LogP contribution is -2.11. The first-order chi connectivity index (χ1) is 6.21. The Balaban J connectivity index is 3.02. The van der Waals surface area contributed by atoms with Crippen molar-refractivity contribution in [2.45, 2.75) is 12.4 Å². The number of halogens is 6. The molecule has 0 unspecified atom stereocenters. The van der Waals surface area contributed by atoms with Gasteiger partial charge in [0.05, 0.1) is 5.56 Å². The molecular weight excluding hydrogens is 212 g/mol. The Morgan fingerprint density at radius 1 is 1.00 bits per heavy atom. The quantitative estimate of drug-likeness (QED) is 0.605. The topological polar surface area (TPSA) is 12.9 Å². The van der Waals surface area contributed by atoms with Gasteiger partial charge in [0.25, 0.3) is 0 Å². The smallest absolute Gasteiger partial charge is 0.251 e. The van der Waals surface area contributed by atoms with E-state index in [1.165, 1.54) is 6.07 Å². The molecule has 0 aliphatic carbocycles. The first kappa shape index (κ1) is 10.8. The van der Waals surface area contributed by atoms with E-state index in [1.807, 2.05) is 0 Å². The van der Waals surface area contributed by atoms with Gasteiger partial charge in [-0.05, 0) is 6.07 Å². The highest BCUT2D eigenvalue weighted by Gasteiger charge is 2.35. The molecule has 0 aliphatic rings. The number of rotatable bonds is 0. The van der Waals surface area contributed by atoms with Crippen LogP contribution in [0.4, 0.5) is 26.3 Å². The number of pyridine rings is 1. The zero-order chi connectivity index (χ0) is 11.0. The molecule has 0 aromatic carbocycles. The molecular formula is C7H2F6N. The van der Waals surface area contributed by atoms with Crippen LogP contribution in [0.5, 0.6) is 0 Å². The normalized spacial score (nSPS) is 13.0. The number of alkyl halides is 6. The van der Waals surface area contributed by atoms with Gasteiger partial charge in [0.15, 0.2) is 5.69 Å². The van der Waals surface area contributed by atoms with Crippen LogP contribution in [0.15, 0.2) is 12.3 Å². The van der Waals surface area contributed by atoms with Crippen molar-refractivity contribution in [2.24, 2.45) is 0 Å². The Hall–Kier alpha value is -1.27. The maximum Gasteiger partial charge on any atom is 0.433 e. The maximum atomic E-state index is 11.9. The fraction of sp³-hybridized carbons (Fsp3) is 0.286. The summed E-state index contributed by atoms with van der Waals surface area (Å²) in [4.78, 5) is 2.62. The largest absolute Gasteiger partial charge is 0.433 e. The van der Waals surface area contributed by atoms with Crippen LogP contribution in [0.25, 0.3) is 0 Å². The molecule has 1 aromatic rings. The summed E-state index contributed by atoms with van der Waals surface area (Å²) in [6.07, 6.45) is -9.35. The van der Waals surface area contributed by atoms with Gasteiger partial charge < -0.3 is 0 Å². The van der Waals surface area contributed by atoms with Crippen molar-refractivity contribution in [2.75, 3.05) is 0 Å². The minimum Gasteiger partial charge on any atom is -0.251 e. The van der Waals surface area contributed by atoms with Crippen molar-refractivity contribution >= 4 is 0 Å². The van der Waals surface area contributed by atoms with Gasteiger partial charge in [-0.1, -0.05) is 0 Å². The first-order valence-corrected chi connectivity index (χ1v) is 3.23. The summed E-state index contributed by atoms with van der Waals surface area (Å²) in [7, 11) is 0. The van der Waals surface area contributed by atoms with E-state index in [-0.39, 0.29) is 12.3 Å². The summed E-state index contributed by atoms with van der Waals surface area (Å²) in [5.74, 6) is 0. The van der Waals surface area contributed by atoms with E-state index in [0.29, 0.717) is 0 Å². The lowest BCUT2D eigenvalue weighted by Gasteiger charge is -2.07. The predicted octanol–water partition coefficient (Wildman–Crippen LogP) is 2.92. The summed E-state index contributed by atoms with van der Waals surface area (Å²) in [5, 5.41) is 0. The molecule has 7 heteroatoms. The zero-order valence-corrected chi connectivity index (χ0v) is 6.37. The summed E-state index contributed by atoms with van der Waals surface area (Å²) < 4.78 is 71.1.